The highest BCUT2D eigenvalue weighted by Crippen LogP contribution is 2.33. The first-order valence-electron chi connectivity index (χ1n) is 7.91. The number of barbiturate groups is 1. The second-order valence-corrected chi connectivity index (χ2v) is 5.86. The molecular weight excluding hydrogens is 336 g/mol. The van der Waals surface area contributed by atoms with Crippen molar-refractivity contribution in [1.29, 1.82) is 0 Å². The quantitative estimate of drug-likeness (QED) is 0.664. The number of hydrogen-bond acceptors (Lipinski definition) is 5. The van der Waals surface area contributed by atoms with Gasteiger partial charge in [-0.25, -0.2) is 9.69 Å². The Balaban J connectivity index is 1.74. The molecule has 1 saturated heterocycles. The maximum atomic E-state index is 12.9. The number of amides is 4. The summed E-state index contributed by atoms with van der Waals surface area (Å²) in [5.74, 6) is -0.272. The zero-order valence-corrected chi connectivity index (χ0v) is 13.8. The van der Waals surface area contributed by atoms with Crippen LogP contribution in [-0.4, -0.2) is 24.6 Å². The highest BCUT2D eigenvalue weighted by Gasteiger charge is 2.37. The third-order valence-corrected chi connectivity index (χ3v) is 4.17. The molecule has 2 aliphatic heterocycles. The molecule has 0 atom stereocenters. The van der Waals surface area contributed by atoms with Crippen LogP contribution in [0.4, 0.5) is 10.5 Å². The molecule has 130 valence electrons. The van der Waals surface area contributed by atoms with Gasteiger partial charge >= 0.3 is 6.03 Å². The van der Waals surface area contributed by atoms with Gasteiger partial charge in [-0.05, 0) is 42.3 Å². The minimum atomic E-state index is -0.767. The summed E-state index contributed by atoms with van der Waals surface area (Å²) >= 11 is 0. The van der Waals surface area contributed by atoms with Gasteiger partial charge in [0.1, 0.15) is 5.57 Å². The molecule has 7 heteroatoms. The Hall–Kier alpha value is -3.61. The molecule has 0 unspecified atom stereocenters. The molecule has 1 N–H and O–H groups in total. The SMILES string of the molecule is Cc1ccccc1N1C(=O)NC(=O)/C(=C\c2ccc3c(c2)OCO3)C1=O. The summed E-state index contributed by atoms with van der Waals surface area (Å²) in [5.41, 5.74) is 1.63. The highest BCUT2D eigenvalue weighted by atomic mass is 16.7. The highest BCUT2D eigenvalue weighted by molar-refractivity contribution is 6.39. The van der Waals surface area contributed by atoms with E-state index in [4.69, 9.17) is 9.47 Å². The first-order chi connectivity index (χ1) is 12.5. The first-order valence-corrected chi connectivity index (χ1v) is 7.91. The van der Waals surface area contributed by atoms with E-state index in [0.717, 1.165) is 10.5 Å². The molecule has 0 spiro atoms. The van der Waals surface area contributed by atoms with Crippen molar-refractivity contribution in [1.82, 2.24) is 5.32 Å². The molecule has 0 aromatic heterocycles. The van der Waals surface area contributed by atoms with Gasteiger partial charge in [-0.1, -0.05) is 24.3 Å². The smallest absolute Gasteiger partial charge is 0.335 e. The van der Waals surface area contributed by atoms with Crippen LogP contribution in [0.25, 0.3) is 6.08 Å². The normalized spacial score (nSPS) is 17.7. The molecule has 2 heterocycles. The van der Waals surface area contributed by atoms with Crippen molar-refractivity contribution in [3.8, 4) is 11.5 Å². The Labute approximate surface area is 148 Å². The minimum Gasteiger partial charge on any atom is -0.454 e. The van der Waals surface area contributed by atoms with Crippen molar-refractivity contribution < 1.29 is 23.9 Å². The Kier molecular flexibility index (Phi) is 3.69. The lowest BCUT2D eigenvalue weighted by atomic mass is 10.1. The third kappa shape index (κ3) is 2.59. The van der Waals surface area contributed by atoms with E-state index in [0.29, 0.717) is 22.7 Å². The zero-order chi connectivity index (χ0) is 18.3. The lowest BCUT2D eigenvalue weighted by molar-refractivity contribution is -0.122. The van der Waals surface area contributed by atoms with Crippen molar-refractivity contribution in [2.45, 2.75) is 6.92 Å². The number of rotatable bonds is 2. The predicted molar refractivity (Wildman–Crippen MR) is 92.7 cm³/mol. The van der Waals surface area contributed by atoms with Gasteiger partial charge in [-0.3, -0.25) is 14.9 Å². The maximum Gasteiger partial charge on any atom is 0.335 e. The number of carbonyl (C=O) groups excluding carboxylic acids is 3. The summed E-state index contributed by atoms with van der Waals surface area (Å²) < 4.78 is 10.5. The molecule has 4 rings (SSSR count). The maximum absolute atomic E-state index is 12.9. The third-order valence-electron chi connectivity index (χ3n) is 4.17. The lowest BCUT2D eigenvalue weighted by Crippen LogP contribution is -2.54. The summed E-state index contributed by atoms with van der Waals surface area (Å²) in [4.78, 5) is 38.3. The van der Waals surface area contributed by atoms with Crippen LogP contribution in [0.15, 0.2) is 48.0 Å². The van der Waals surface area contributed by atoms with E-state index in [-0.39, 0.29) is 12.4 Å². The number of nitrogens with one attached hydrogen (secondary N) is 1. The van der Waals surface area contributed by atoms with Crippen LogP contribution in [0.5, 0.6) is 11.5 Å². The molecule has 0 saturated carbocycles. The summed E-state index contributed by atoms with van der Waals surface area (Å²) in [6, 6.07) is 11.3. The molecule has 4 amide bonds. The first kappa shape index (κ1) is 15.9. The van der Waals surface area contributed by atoms with Gasteiger partial charge in [0.2, 0.25) is 6.79 Å². The number of anilines is 1. The number of imide groups is 2. The molecule has 26 heavy (non-hydrogen) atoms. The Bertz CT molecular complexity index is 980. The molecule has 2 aromatic carbocycles. The van der Waals surface area contributed by atoms with E-state index in [1.54, 1.807) is 49.4 Å². The van der Waals surface area contributed by atoms with Crippen LogP contribution in [-0.2, 0) is 9.59 Å². The largest absolute Gasteiger partial charge is 0.454 e. The molecule has 2 aliphatic rings. The van der Waals surface area contributed by atoms with E-state index in [2.05, 4.69) is 5.32 Å². The van der Waals surface area contributed by atoms with Gasteiger partial charge in [0.05, 0.1) is 5.69 Å². The van der Waals surface area contributed by atoms with Crippen molar-refractivity contribution in [3.05, 3.63) is 59.2 Å². The fourth-order valence-electron chi connectivity index (χ4n) is 2.86. The molecule has 0 aliphatic carbocycles. The molecule has 0 bridgehead atoms. The zero-order valence-electron chi connectivity index (χ0n) is 13.8. The molecule has 2 aromatic rings. The van der Waals surface area contributed by atoms with Crippen molar-refractivity contribution in [2.24, 2.45) is 0 Å². The summed E-state index contributed by atoms with van der Waals surface area (Å²) in [5, 5.41) is 2.21. The van der Waals surface area contributed by atoms with Crippen LogP contribution in [0.1, 0.15) is 11.1 Å². The van der Waals surface area contributed by atoms with Gasteiger partial charge in [-0.15, -0.1) is 0 Å². The fraction of sp³-hybridized carbons (Fsp3) is 0.105. The number of benzene rings is 2. The van der Waals surface area contributed by atoms with E-state index >= 15 is 0 Å². The van der Waals surface area contributed by atoms with E-state index in [1.165, 1.54) is 6.08 Å². The lowest BCUT2D eigenvalue weighted by Gasteiger charge is -2.27. The van der Waals surface area contributed by atoms with Gasteiger partial charge in [0, 0.05) is 0 Å². The molecular formula is C19H14N2O5. The Morgan fingerprint density at radius 1 is 1.04 bits per heavy atom. The average Bonchev–Trinajstić information content (AvgIpc) is 3.08. The summed E-state index contributed by atoms with van der Waals surface area (Å²) in [6.07, 6.45) is 1.43. The van der Waals surface area contributed by atoms with Crippen molar-refractivity contribution in [3.63, 3.8) is 0 Å². The van der Waals surface area contributed by atoms with Crippen LogP contribution in [0.2, 0.25) is 0 Å². The number of aryl methyl sites for hydroxylation is 1. The van der Waals surface area contributed by atoms with Crippen LogP contribution in [0, 0.1) is 6.92 Å². The van der Waals surface area contributed by atoms with E-state index < -0.39 is 17.8 Å². The van der Waals surface area contributed by atoms with Gasteiger partial charge < -0.3 is 9.47 Å². The van der Waals surface area contributed by atoms with Crippen LogP contribution >= 0.6 is 0 Å². The fourth-order valence-corrected chi connectivity index (χ4v) is 2.86. The number of fused-ring (bicyclic) bond motifs is 1. The molecule has 0 radical (unpaired) electrons. The Morgan fingerprint density at radius 3 is 2.62 bits per heavy atom. The Morgan fingerprint density at radius 2 is 1.81 bits per heavy atom. The van der Waals surface area contributed by atoms with Gasteiger partial charge in [0.25, 0.3) is 11.8 Å². The second-order valence-electron chi connectivity index (χ2n) is 5.86. The molecule has 1 fully saturated rings. The number of hydrogen-bond donors (Lipinski definition) is 1. The monoisotopic (exact) mass is 350 g/mol. The van der Waals surface area contributed by atoms with Gasteiger partial charge in [0.15, 0.2) is 11.5 Å². The van der Waals surface area contributed by atoms with E-state index in [1.807, 2.05) is 0 Å². The summed E-state index contributed by atoms with van der Waals surface area (Å²) in [6.45, 7) is 1.91. The van der Waals surface area contributed by atoms with E-state index in [9.17, 15) is 14.4 Å². The van der Waals surface area contributed by atoms with Crippen LogP contribution < -0.4 is 19.7 Å². The second kappa shape index (κ2) is 6.03. The average molecular weight is 350 g/mol. The van der Waals surface area contributed by atoms with Crippen molar-refractivity contribution in [2.75, 3.05) is 11.7 Å². The van der Waals surface area contributed by atoms with Crippen molar-refractivity contribution >= 4 is 29.6 Å². The minimum absolute atomic E-state index is 0.129. The van der Waals surface area contributed by atoms with Gasteiger partial charge in [-0.2, -0.15) is 0 Å². The number of nitrogens with zero attached hydrogens (tertiary/aromatic N) is 1. The topological polar surface area (TPSA) is 84.9 Å². The standard InChI is InChI=1S/C19H14N2O5/c1-11-4-2-3-5-14(11)21-18(23)13(17(22)20-19(21)24)8-12-6-7-15-16(9-12)26-10-25-15/h2-9H,10H2,1H3,(H,20,22,24)/b13-8+. The number of ether oxygens (including phenoxy) is 2. The van der Waals surface area contributed by atoms with Crippen LogP contribution in [0.3, 0.4) is 0 Å². The summed E-state index contributed by atoms with van der Waals surface area (Å²) in [7, 11) is 0. The number of para-hydroxylation sites is 1. The predicted octanol–water partition coefficient (Wildman–Crippen LogP) is 2.39. The number of urea groups is 1. The number of carbonyl (C=O) groups is 3. The molecule has 7 nitrogen and oxygen atoms in total.